The highest BCUT2D eigenvalue weighted by atomic mass is 35.5. The van der Waals surface area contributed by atoms with E-state index in [1.165, 1.54) is 31.4 Å². The Balaban J connectivity index is 1.98. The molecule has 1 N–H and O–H groups in total. The number of fused-ring (bicyclic) bond motifs is 1. The molecule has 1 unspecified atom stereocenters. The van der Waals surface area contributed by atoms with Crippen LogP contribution < -0.4 is 9.62 Å². The minimum absolute atomic E-state index is 0.330. The van der Waals surface area contributed by atoms with Crippen LogP contribution in [0.5, 0.6) is 0 Å². The molecule has 10 heteroatoms. The third-order valence-corrected chi connectivity index (χ3v) is 7.96. The molecule has 7 nitrogen and oxygen atoms in total. The van der Waals surface area contributed by atoms with Crippen molar-refractivity contribution < 1.29 is 22.7 Å². The average molecular weight is 485 g/mol. The summed E-state index contributed by atoms with van der Waals surface area (Å²) in [6.07, 6.45) is 4.62. The summed E-state index contributed by atoms with van der Waals surface area (Å²) < 4.78 is 31.2. The van der Waals surface area contributed by atoms with E-state index in [4.69, 9.17) is 16.3 Å². The van der Waals surface area contributed by atoms with Crippen molar-refractivity contribution >= 4 is 55.5 Å². The van der Waals surface area contributed by atoms with Gasteiger partial charge in [0.15, 0.2) is 0 Å². The summed E-state index contributed by atoms with van der Waals surface area (Å²) >= 11 is 7.43. The van der Waals surface area contributed by atoms with E-state index in [0.717, 1.165) is 46.7 Å². The predicted molar refractivity (Wildman–Crippen MR) is 124 cm³/mol. The number of anilines is 2. The first kappa shape index (κ1) is 23.6. The van der Waals surface area contributed by atoms with Crippen LogP contribution in [0.1, 0.15) is 46.1 Å². The normalized spacial score (nSPS) is 14.5. The lowest BCUT2D eigenvalue weighted by Gasteiger charge is -2.29. The van der Waals surface area contributed by atoms with Crippen molar-refractivity contribution in [2.24, 2.45) is 0 Å². The Morgan fingerprint density at radius 3 is 2.58 bits per heavy atom. The number of aryl methyl sites for hydroxylation is 2. The first-order valence-corrected chi connectivity index (χ1v) is 12.9. The lowest BCUT2D eigenvalue weighted by molar-refractivity contribution is -0.116. The Morgan fingerprint density at radius 1 is 1.26 bits per heavy atom. The molecule has 1 atom stereocenters. The van der Waals surface area contributed by atoms with Gasteiger partial charge in [0, 0.05) is 9.90 Å². The smallest absolute Gasteiger partial charge is 0.341 e. The first-order valence-electron chi connectivity index (χ1n) is 9.83. The maximum atomic E-state index is 13.2. The van der Waals surface area contributed by atoms with Gasteiger partial charge in [-0.1, -0.05) is 17.7 Å². The number of benzene rings is 1. The number of esters is 1. The molecule has 0 saturated carbocycles. The topological polar surface area (TPSA) is 92.8 Å². The highest BCUT2D eigenvalue weighted by molar-refractivity contribution is 7.92. The number of rotatable bonds is 6. The third-order valence-electron chi connectivity index (χ3n) is 5.29. The highest BCUT2D eigenvalue weighted by Crippen LogP contribution is 2.39. The summed E-state index contributed by atoms with van der Waals surface area (Å²) in [6.45, 7) is 3.25. The van der Waals surface area contributed by atoms with Crippen molar-refractivity contribution in [2.75, 3.05) is 23.0 Å². The second kappa shape index (κ2) is 9.18. The number of carbonyl (C=O) groups excluding carboxylic acids is 2. The maximum Gasteiger partial charge on any atom is 0.341 e. The van der Waals surface area contributed by atoms with Gasteiger partial charge >= 0.3 is 5.97 Å². The fourth-order valence-electron chi connectivity index (χ4n) is 3.79. The van der Waals surface area contributed by atoms with Crippen LogP contribution in [0.4, 0.5) is 10.7 Å². The molecule has 1 aromatic heterocycles. The molecule has 0 bridgehead atoms. The van der Waals surface area contributed by atoms with Crippen LogP contribution >= 0.6 is 22.9 Å². The number of halogens is 1. The van der Waals surface area contributed by atoms with E-state index in [1.807, 2.05) is 0 Å². The minimum Gasteiger partial charge on any atom is -0.465 e. The van der Waals surface area contributed by atoms with Crippen molar-refractivity contribution in [1.82, 2.24) is 0 Å². The molecule has 0 aliphatic heterocycles. The summed E-state index contributed by atoms with van der Waals surface area (Å²) in [4.78, 5) is 26.6. The number of hydrogen-bond acceptors (Lipinski definition) is 6. The van der Waals surface area contributed by atoms with E-state index in [1.54, 1.807) is 19.1 Å². The number of nitrogens with one attached hydrogen (secondary N) is 1. The molecule has 1 aliphatic carbocycles. The zero-order valence-corrected chi connectivity index (χ0v) is 20.2. The van der Waals surface area contributed by atoms with Gasteiger partial charge in [0.2, 0.25) is 15.9 Å². The molecule has 168 valence electrons. The summed E-state index contributed by atoms with van der Waals surface area (Å²) in [5.74, 6) is -1.05. The van der Waals surface area contributed by atoms with Gasteiger partial charge in [-0.3, -0.25) is 9.10 Å². The van der Waals surface area contributed by atoms with E-state index >= 15 is 0 Å². The van der Waals surface area contributed by atoms with Crippen molar-refractivity contribution in [1.29, 1.82) is 0 Å². The standard InChI is InChI=1S/C21H25ClN2O5S2/c1-12-9-10-14(22)11-16(12)24(31(4,27)28)13(2)19(25)23-20-18(21(26)29-3)15-7-5-6-8-17(15)30-20/h9-11,13H,5-8H2,1-4H3,(H,23,25). The zero-order chi connectivity index (χ0) is 22.9. The van der Waals surface area contributed by atoms with Gasteiger partial charge in [-0.2, -0.15) is 0 Å². The van der Waals surface area contributed by atoms with Crippen molar-refractivity contribution in [3.8, 4) is 0 Å². The number of methoxy groups -OCH3 is 1. The van der Waals surface area contributed by atoms with Gasteiger partial charge in [0.25, 0.3) is 0 Å². The Morgan fingerprint density at radius 2 is 1.94 bits per heavy atom. The number of amides is 1. The third kappa shape index (κ3) is 4.88. The van der Waals surface area contributed by atoms with Crippen molar-refractivity contribution in [3.63, 3.8) is 0 Å². The average Bonchev–Trinajstić information content (AvgIpc) is 3.06. The van der Waals surface area contributed by atoms with E-state index < -0.39 is 27.9 Å². The molecule has 1 aromatic carbocycles. The Bertz CT molecular complexity index is 1130. The molecule has 1 aliphatic rings. The lowest BCUT2D eigenvalue weighted by Crippen LogP contribution is -2.45. The predicted octanol–water partition coefficient (Wildman–Crippen LogP) is 4.17. The fraction of sp³-hybridized carbons (Fsp3) is 0.429. The number of nitrogens with zero attached hydrogens (tertiary/aromatic N) is 1. The Labute approximate surface area is 191 Å². The maximum absolute atomic E-state index is 13.2. The fourth-order valence-corrected chi connectivity index (χ4v) is 6.46. The summed E-state index contributed by atoms with van der Waals surface area (Å²) in [6, 6.07) is 3.80. The van der Waals surface area contributed by atoms with Gasteiger partial charge in [0.1, 0.15) is 11.0 Å². The van der Waals surface area contributed by atoms with Crippen LogP contribution in [0.25, 0.3) is 0 Å². The Hall–Kier alpha value is -2.10. The first-order chi connectivity index (χ1) is 14.5. The number of hydrogen-bond donors (Lipinski definition) is 1. The molecule has 3 rings (SSSR count). The molecular weight excluding hydrogens is 460 g/mol. The highest BCUT2D eigenvalue weighted by Gasteiger charge is 2.33. The van der Waals surface area contributed by atoms with Crippen LogP contribution in [0.3, 0.4) is 0 Å². The van der Waals surface area contributed by atoms with Crippen LogP contribution in [-0.4, -0.2) is 39.7 Å². The second-order valence-electron chi connectivity index (χ2n) is 7.56. The molecule has 0 radical (unpaired) electrons. The molecular formula is C21H25ClN2O5S2. The van der Waals surface area contributed by atoms with E-state index in [-0.39, 0.29) is 0 Å². The van der Waals surface area contributed by atoms with Crippen LogP contribution in [0.2, 0.25) is 5.02 Å². The van der Waals surface area contributed by atoms with E-state index in [2.05, 4.69) is 5.32 Å². The van der Waals surface area contributed by atoms with Gasteiger partial charge in [-0.25, -0.2) is 13.2 Å². The molecule has 2 aromatic rings. The number of ether oxygens (including phenoxy) is 1. The summed E-state index contributed by atoms with van der Waals surface area (Å²) in [7, 11) is -2.50. The monoisotopic (exact) mass is 484 g/mol. The lowest BCUT2D eigenvalue weighted by atomic mass is 9.95. The van der Waals surface area contributed by atoms with Crippen LogP contribution in [-0.2, 0) is 32.4 Å². The quantitative estimate of drug-likeness (QED) is 0.621. The van der Waals surface area contributed by atoms with E-state index in [0.29, 0.717) is 26.8 Å². The number of carbonyl (C=O) groups is 2. The number of thiophene rings is 1. The number of sulfonamides is 1. The van der Waals surface area contributed by atoms with Gasteiger partial charge in [-0.15, -0.1) is 11.3 Å². The van der Waals surface area contributed by atoms with E-state index in [9.17, 15) is 18.0 Å². The SMILES string of the molecule is COC(=O)c1c(NC(=O)C(C)N(c2cc(Cl)ccc2C)S(C)(=O)=O)sc2c1CCCC2. The molecule has 31 heavy (non-hydrogen) atoms. The van der Waals surface area contributed by atoms with Crippen LogP contribution in [0, 0.1) is 6.92 Å². The minimum atomic E-state index is -3.80. The molecule has 1 amide bonds. The van der Waals surface area contributed by atoms with Gasteiger partial charge in [0.05, 0.1) is 24.6 Å². The van der Waals surface area contributed by atoms with Gasteiger partial charge in [-0.05, 0) is 62.8 Å². The Kier molecular flexibility index (Phi) is 6.98. The molecule has 0 saturated heterocycles. The summed E-state index contributed by atoms with van der Waals surface area (Å²) in [5.41, 5.74) is 2.27. The largest absolute Gasteiger partial charge is 0.465 e. The zero-order valence-electron chi connectivity index (χ0n) is 17.8. The molecule has 0 spiro atoms. The molecule has 0 fully saturated rings. The van der Waals surface area contributed by atoms with Crippen molar-refractivity contribution in [2.45, 2.75) is 45.6 Å². The second-order valence-corrected chi connectivity index (χ2v) is 11.0. The van der Waals surface area contributed by atoms with Crippen molar-refractivity contribution in [3.05, 3.63) is 44.8 Å². The van der Waals surface area contributed by atoms with Crippen LogP contribution in [0.15, 0.2) is 18.2 Å². The summed E-state index contributed by atoms with van der Waals surface area (Å²) in [5, 5.41) is 3.54. The molecule has 1 heterocycles. The van der Waals surface area contributed by atoms with Gasteiger partial charge < -0.3 is 10.1 Å².